The van der Waals surface area contributed by atoms with Gasteiger partial charge in [-0.2, -0.15) is 0 Å². The molecule has 0 N–H and O–H groups in total. The first-order valence-electron chi connectivity index (χ1n) is 58.5. The summed E-state index contributed by atoms with van der Waals surface area (Å²) < 4.78 is 123. The van der Waals surface area contributed by atoms with Gasteiger partial charge in [0.25, 0.3) is 0 Å². The predicted molar refractivity (Wildman–Crippen MR) is 564 cm³/mol. The summed E-state index contributed by atoms with van der Waals surface area (Å²) in [6.07, 6.45) is 46.0. The molecular weight excluding hydrogens is 1870 g/mol. The standard InChI is InChI=1S/C30H56O6Si2.2C28H52O4Si2.C24H44O6Si2/c1-7-31-37(32-8-2,33-9-3)15-13-29-21-23-19-27-25(29)17-24-18-26(29)28(20-23)30(27,22-24)14-16-38(34-10-4,35-11-5)36-12-6;1-7-29-33(5,30-8-2)13-11-27-19-21-17-25-23(27)15-22-16-24(27)26(18-21)28(25,20-22)12-14-34(6,31-9-3)32-10-4;1-7-29-33(5,30-8-2)13-11-27-15-21-24-18-28(12-14-34(6,31-9-3)32-10-4)19-25(21)23(17-27)26(20-28)22(24)16-27;1-25-31(26-2,27-3)9-7-23-11-17-20-14-24(8-10-32(28-4,29-5)30-6)15-21(17)19(13-23)22(16-24)18(20)12-23/h23-28H,7-22H2,1-6H3;2*21-26H,7-20H2,1-6H3;17-22H,7-16H2,1-6H3. The van der Waals surface area contributed by atoms with Crippen LogP contribution in [0.15, 0.2) is 0 Å². The molecule has 796 valence electrons. The summed E-state index contributed by atoms with van der Waals surface area (Å²) in [5, 5.41) is 0. The maximum Gasteiger partial charge on any atom is 0.500 e. The van der Waals surface area contributed by atoms with Gasteiger partial charge in [0.15, 0.2) is 0 Å². The lowest BCUT2D eigenvalue weighted by Gasteiger charge is -2.79. The molecule has 0 aromatic carbocycles. The van der Waals surface area contributed by atoms with E-state index in [2.05, 4.69) is 123 Å². The highest BCUT2D eigenvalue weighted by Gasteiger charge is 2.79. The molecule has 32 bridgehead atoms. The van der Waals surface area contributed by atoms with Crippen molar-refractivity contribution in [2.75, 3.05) is 135 Å². The zero-order chi connectivity index (χ0) is 98.2. The molecule has 28 rings (SSSR count). The third kappa shape index (κ3) is 20.1. The Bertz CT molecular complexity index is 3420. The fourth-order valence-electron chi connectivity index (χ4n) is 42.2. The van der Waals surface area contributed by atoms with Gasteiger partial charge in [-0.05, 0) is 538 Å². The van der Waals surface area contributed by atoms with Gasteiger partial charge in [-0.15, -0.1) is 0 Å². The lowest BCUT2D eigenvalue weighted by Crippen LogP contribution is -2.72. The van der Waals surface area contributed by atoms with E-state index in [9.17, 15) is 0 Å². The van der Waals surface area contributed by atoms with Crippen molar-refractivity contribution >= 4 is 69.5 Å². The molecular formula is C110H204O20Si8. The summed E-state index contributed by atoms with van der Waals surface area (Å²) >= 11 is 0. The van der Waals surface area contributed by atoms with Gasteiger partial charge in [-0.25, -0.2) is 0 Å². The van der Waals surface area contributed by atoms with Gasteiger partial charge in [0.2, 0.25) is 0 Å². The quantitative estimate of drug-likeness (QED) is 0.0523. The normalized spacial score (nSPS) is 41.7. The lowest BCUT2D eigenvalue weighted by atomic mass is 9.26. The molecule has 0 heterocycles. The molecule has 28 aliphatic rings. The smallest absolute Gasteiger partial charge is 0.395 e. The summed E-state index contributed by atoms with van der Waals surface area (Å²) in [7, 11) is -7.85. The van der Waals surface area contributed by atoms with Gasteiger partial charge in [-0.1, -0.05) is 0 Å². The Labute approximate surface area is 849 Å². The molecule has 28 aliphatic carbocycles. The van der Waals surface area contributed by atoms with Gasteiger partial charge >= 0.3 is 69.5 Å². The third-order valence-electron chi connectivity index (χ3n) is 45.5. The van der Waals surface area contributed by atoms with Crippen LogP contribution in [0.3, 0.4) is 0 Å². The second-order valence-corrected chi connectivity index (χ2v) is 75.9. The van der Waals surface area contributed by atoms with Crippen LogP contribution in [-0.4, -0.2) is 205 Å². The Morgan fingerprint density at radius 1 is 0.174 bits per heavy atom. The van der Waals surface area contributed by atoms with Crippen molar-refractivity contribution in [2.45, 2.75) is 377 Å². The molecule has 0 aromatic heterocycles. The van der Waals surface area contributed by atoms with Crippen molar-refractivity contribution in [3.05, 3.63) is 0 Å². The van der Waals surface area contributed by atoms with Crippen LogP contribution >= 0.6 is 0 Å². The highest BCUT2D eigenvalue weighted by Crippen LogP contribution is 2.86. The molecule has 8 unspecified atom stereocenters. The average Bonchev–Trinajstić information content (AvgIpc) is 0.656. The molecule has 28 heteroatoms. The first kappa shape index (κ1) is 110. The first-order chi connectivity index (χ1) is 66.2. The highest BCUT2D eigenvalue weighted by molar-refractivity contribution is 6.67. The van der Waals surface area contributed by atoms with Gasteiger partial charge < -0.3 is 88.5 Å². The molecule has 0 saturated heterocycles. The van der Waals surface area contributed by atoms with E-state index in [0.29, 0.717) is 83.0 Å². The molecule has 0 aromatic rings. The largest absolute Gasteiger partial charge is 0.500 e. The summed E-state index contributed by atoms with van der Waals surface area (Å²) in [6, 6.07) is 8.71. The monoisotopic (exact) mass is 2070 g/mol. The van der Waals surface area contributed by atoms with Crippen LogP contribution < -0.4 is 0 Å². The van der Waals surface area contributed by atoms with E-state index in [1.165, 1.54) is 230 Å². The first-order valence-corrected chi connectivity index (χ1v) is 76.3. The number of rotatable bonds is 58. The molecule has 8 atom stereocenters. The highest BCUT2D eigenvalue weighted by atomic mass is 28.4. The van der Waals surface area contributed by atoms with E-state index in [4.69, 9.17) is 88.5 Å². The topological polar surface area (TPSA) is 185 Å². The van der Waals surface area contributed by atoms with E-state index in [-0.39, 0.29) is 0 Å². The van der Waals surface area contributed by atoms with E-state index in [1.54, 1.807) is 42.7 Å². The molecule has 0 aliphatic heterocycles. The fraction of sp³-hybridized carbons (Fsp3) is 1.00. The van der Waals surface area contributed by atoms with E-state index >= 15 is 0 Å². The molecule has 0 spiro atoms. The molecule has 28 saturated carbocycles. The summed E-state index contributed by atoms with van der Waals surface area (Å²) in [4.78, 5) is 0. The van der Waals surface area contributed by atoms with E-state index in [1.807, 2.05) is 0 Å². The molecule has 0 radical (unpaired) electrons. The minimum atomic E-state index is -2.63. The lowest BCUT2D eigenvalue weighted by molar-refractivity contribution is -0.300. The van der Waals surface area contributed by atoms with Crippen LogP contribution in [0.5, 0.6) is 0 Å². The Morgan fingerprint density at radius 3 is 0.464 bits per heavy atom. The van der Waals surface area contributed by atoms with Crippen molar-refractivity contribution in [3.8, 4) is 0 Å². The maximum absolute atomic E-state index is 6.35. The van der Waals surface area contributed by atoms with Crippen molar-refractivity contribution in [2.24, 2.45) is 185 Å². The Balaban J connectivity index is 0.000000128. The molecule has 138 heavy (non-hydrogen) atoms. The minimum absolute atomic E-state index is 0.481. The van der Waals surface area contributed by atoms with Crippen LogP contribution in [0.1, 0.15) is 302 Å². The minimum Gasteiger partial charge on any atom is -0.395 e. The van der Waals surface area contributed by atoms with Crippen molar-refractivity contribution in [3.63, 3.8) is 0 Å². The molecule has 20 nitrogen and oxygen atoms in total. The third-order valence-corrected chi connectivity index (χ3v) is 68.9. The second kappa shape index (κ2) is 43.8. The van der Waals surface area contributed by atoms with Gasteiger partial charge in [0.05, 0.1) is 0 Å². The van der Waals surface area contributed by atoms with Crippen LogP contribution in [0.2, 0.25) is 74.5 Å². The Hall–Kier alpha value is 0.935. The molecule has 28 fully saturated rings. The van der Waals surface area contributed by atoms with Crippen molar-refractivity contribution in [1.29, 1.82) is 0 Å². The zero-order valence-corrected chi connectivity index (χ0v) is 100. The number of hydrogen-bond donors (Lipinski definition) is 0. The maximum atomic E-state index is 6.35. The van der Waals surface area contributed by atoms with Crippen molar-refractivity contribution in [1.82, 2.24) is 0 Å². The summed E-state index contributed by atoms with van der Waals surface area (Å²) in [5.74, 6) is 23.0. The SMILES string of the molecule is CCO[Si](C)(CCC12CC3C4CC5(CC[Si](C)(OCC)OCC)CC3C(C1)C(C5)C4C2)OCC.CCO[Si](C)(CCC12CC3CC4C1CC1CC2C(C3)C4(CC[Si](C)(OCC)OCC)C1)OCC.CCO[Si](CCC12CC3CC4C1CC1CC2C(C3)C4(CC[Si](OCC)(OCC)OCC)C1)(OCC)OCC.CO[Si](CCC12CC3C4CC5(CC[Si](OC)(OC)OC)CC3C(C1)C(C5)C4C2)(OC)OC. The fourth-order valence-corrected chi connectivity index (χ4v) is 61.8. The second-order valence-electron chi connectivity index (χ2n) is 50.9. The Morgan fingerprint density at radius 2 is 0.312 bits per heavy atom. The summed E-state index contributed by atoms with van der Waals surface area (Å²) in [5.41, 5.74) is 4.40. The van der Waals surface area contributed by atoms with E-state index < -0.39 is 69.5 Å². The van der Waals surface area contributed by atoms with E-state index in [0.717, 1.165) is 219 Å². The number of hydrogen-bond acceptors (Lipinski definition) is 20. The predicted octanol–water partition coefficient (Wildman–Crippen LogP) is 25.8. The van der Waals surface area contributed by atoms with Gasteiger partial charge in [0.1, 0.15) is 0 Å². The van der Waals surface area contributed by atoms with Crippen LogP contribution in [0.4, 0.5) is 0 Å². The van der Waals surface area contributed by atoms with Crippen LogP contribution in [0.25, 0.3) is 0 Å². The molecule has 0 amide bonds. The zero-order valence-electron chi connectivity index (χ0n) is 92.2. The Kier molecular flexibility index (Phi) is 35.0. The van der Waals surface area contributed by atoms with Gasteiger partial charge in [0, 0.05) is 159 Å². The van der Waals surface area contributed by atoms with Crippen molar-refractivity contribution < 1.29 is 88.5 Å². The average molecular weight is 2070 g/mol. The summed E-state index contributed by atoms with van der Waals surface area (Å²) in [6.45, 7) is 49.4. The van der Waals surface area contributed by atoms with Gasteiger partial charge in [-0.3, -0.25) is 0 Å². The van der Waals surface area contributed by atoms with Crippen LogP contribution in [-0.2, 0) is 88.5 Å². The van der Waals surface area contributed by atoms with Crippen LogP contribution in [0, 0.1) is 185 Å².